The number of hydrogen-bond acceptors (Lipinski definition) is 4. The number of alkyl halides is 6. The maximum Gasteiger partial charge on any atom is 0.573 e. The number of nitrogen functional groups attached to an aromatic ring is 2. The molecule has 0 radical (unpaired) electrons. The van der Waals surface area contributed by atoms with E-state index in [0.717, 1.165) is 18.2 Å². The minimum Gasteiger partial charge on any atom is -0.405 e. The van der Waals surface area contributed by atoms with Crippen molar-refractivity contribution in [2.45, 2.75) is 12.7 Å². The van der Waals surface area contributed by atoms with Crippen molar-refractivity contribution in [3.05, 3.63) is 36.4 Å². The molecule has 24 heavy (non-hydrogen) atoms. The molecule has 0 saturated heterocycles. The number of nitrogens with two attached hydrogens (primary N) is 2. The van der Waals surface area contributed by atoms with E-state index in [1.807, 2.05) is 0 Å². The minimum atomic E-state index is -5.00. The van der Waals surface area contributed by atoms with E-state index in [1.54, 1.807) is 0 Å². The average Bonchev–Trinajstić information content (AvgIpc) is 2.38. The SMILES string of the molecule is Nc1ccc(-c2ccc(N)c(OC(F)(F)F)c2)c(OC(F)(F)F)c1. The van der Waals surface area contributed by atoms with Crippen LogP contribution in [0.4, 0.5) is 37.7 Å². The van der Waals surface area contributed by atoms with Crippen LogP contribution >= 0.6 is 0 Å². The van der Waals surface area contributed by atoms with E-state index in [9.17, 15) is 26.3 Å². The molecular weight excluding hydrogens is 342 g/mol. The van der Waals surface area contributed by atoms with E-state index in [4.69, 9.17) is 11.5 Å². The van der Waals surface area contributed by atoms with Crippen LogP contribution < -0.4 is 20.9 Å². The van der Waals surface area contributed by atoms with Crippen LogP contribution in [0.5, 0.6) is 11.5 Å². The molecule has 4 N–H and O–H groups in total. The number of ether oxygens (including phenoxy) is 2. The summed E-state index contributed by atoms with van der Waals surface area (Å²) in [5.41, 5.74) is 10.3. The fourth-order valence-corrected chi connectivity index (χ4v) is 1.90. The summed E-state index contributed by atoms with van der Waals surface area (Å²) in [6, 6.07) is 6.52. The number of hydrogen-bond donors (Lipinski definition) is 2. The van der Waals surface area contributed by atoms with E-state index in [0.29, 0.717) is 0 Å². The van der Waals surface area contributed by atoms with Gasteiger partial charge in [-0.2, -0.15) is 0 Å². The van der Waals surface area contributed by atoms with Crippen molar-refractivity contribution in [2.75, 3.05) is 11.5 Å². The summed E-state index contributed by atoms with van der Waals surface area (Å²) < 4.78 is 82.1. The van der Waals surface area contributed by atoms with E-state index in [2.05, 4.69) is 9.47 Å². The average molecular weight is 352 g/mol. The Hall–Kier alpha value is -2.78. The van der Waals surface area contributed by atoms with Gasteiger partial charge in [0.15, 0.2) is 5.75 Å². The first-order chi connectivity index (χ1) is 10.9. The van der Waals surface area contributed by atoms with Crippen LogP contribution in [0, 0.1) is 0 Å². The van der Waals surface area contributed by atoms with Gasteiger partial charge in [0.1, 0.15) is 5.75 Å². The van der Waals surface area contributed by atoms with Crippen molar-refractivity contribution < 1.29 is 35.8 Å². The molecule has 0 aromatic heterocycles. The molecule has 0 aliphatic rings. The summed E-state index contributed by atoms with van der Waals surface area (Å²) in [5, 5.41) is 0. The van der Waals surface area contributed by atoms with Gasteiger partial charge in [0.2, 0.25) is 0 Å². The Labute approximate surface area is 131 Å². The Kier molecular flexibility index (Phi) is 4.41. The summed E-state index contributed by atoms with van der Waals surface area (Å²) >= 11 is 0. The van der Waals surface area contributed by atoms with Gasteiger partial charge >= 0.3 is 12.7 Å². The molecule has 0 unspecified atom stereocenters. The third-order valence-electron chi connectivity index (χ3n) is 2.78. The molecule has 0 spiro atoms. The predicted octanol–water partition coefficient (Wildman–Crippen LogP) is 4.32. The van der Waals surface area contributed by atoms with Gasteiger partial charge in [0.25, 0.3) is 0 Å². The number of halogens is 6. The fraction of sp³-hybridized carbons (Fsp3) is 0.143. The van der Waals surface area contributed by atoms with Gasteiger partial charge in [0, 0.05) is 17.3 Å². The summed E-state index contributed by atoms with van der Waals surface area (Å²) in [4.78, 5) is 0. The zero-order chi connectivity index (χ0) is 18.1. The van der Waals surface area contributed by atoms with E-state index < -0.39 is 24.2 Å². The van der Waals surface area contributed by atoms with Crippen LogP contribution in [0.3, 0.4) is 0 Å². The number of benzene rings is 2. The quantitative estimate of drug-likeness (QED) is 0.638. The zero-order valence-electron chi connectivity index (χ0n) is 11.7. The first-order valence-corrected chi connectivity index (χ1v) is 6.25. The van der Waals surface area contributed by atoms with Crippen LogP contribution in [-0.2, 0) is 0 Å². The largest absolute Gasteiger partial charge is 0.573 e. The Morgan fingerprint density at radius 3 is 1.88 bits per heavy atom. The lowest BCUT2D eigenvalue weighted by molar-refractivity contribution is -0.275. The van der Waals surface area contributed by atoms with Gasteiger partial charge in [-0.3, -0.25) is 0 Å². The Morgan fingerprint density at radius 1 is 0.708 bits per heavy atom. The van der Waals surface area contributed by atoms with Crippen LogP contribution in [0.25, 0.3) is 11.1 Å². The van der Waals surface area contributed by atoms with Crippen LogP contribution in [0.15, 0.2) is 36.4 Å². The number of anilines is 2. The number of rotatable bonds is 3. The summed E-state index contributed by atoms with van der Waals surface area (Å²) in [5.74, 6) is -1.40. The second-order valence-corrected chi connectivity index (χ2v) is 4.60. The van der Waals surface area contributed by atoms with Gasteiger partial charge in [-0.15, -0.1) is 26.3 Å². The van der Waals surface area contributed by atoms with Crippen LogP contribution in [0.1, 0.15) is 0 Å². The van der Waals surface area contributed by atoms with Crippen molar-refractivity contribution in [2.24, 2.45) is 0 Å². The molecule has 0 aliphatic heterocycles. The van der Waals surface area contributed by atoms with Crippen molar-refractivity contribution >= 4 is 11.4 Å². The summed E-state index contributed by atoms with van der Waals surface area (Å²) in [6.45, 7) is 0. The first kappa shape index (κ1) is 17.6. The van der Waals surface area contributed by atoms with Gasteiger partial charge in [-0.1, -0.05) is 6.07 Å². The molecule has 0 atom stereocenters. The normalized spacial score (nSPS) is 12.1. The standard InChI is InChI=1S/C14H10F6N2O2/c15-13(16,17)23-11-6-8(21)2-3-9(11)7-1-4-10(22)12(5-7)24-14(18,19)20/h1-6H,21-22H2. The first-order valence-electron chi connectivity index (χ1n) is 6.25. The topological polar surface area (TPSA) is 70.5 Å². The van der Waals surface area contributed by atoms with E-state index in [-0.39, 0.29) is 22.5 Å². The van der Waals surface area contributed by atoms with Crippen molar-refractivity contribution in [1.82, 2.24) is 0 Å². The molecule has 0 fully saturated rings. The van der Waals surface area contributed by atoms with Crippen molar-refractivity contribution in [3.8, 4) is 22.6 Å². The minimum absolute atomic E-state index is 0.0137. The Bertz CT molecular complexity index is 743. The lowest BCUT2D eigenvalue weighted by Crippen LogP contribution is -2.18. The molecule has 0 amide bonds. The van der Waals surface area contributed by atoms with E-state index >= 15 is 0 Å². The molecule has 2 rings (SSSR count). The highest BCUT2D eigenvalue weighted by molar-refractivity contribution is 5.76. The molecule has 2 aromatic carbocycles. The molecule has 2 aromatic rings. The van der Waals surface area contributed by atoms with Gasteiger partial charge in [-0.25, -0.2) is 0 Å². The van der Waals surface area contributed by atoms with Gasteiger partial charge in [-0.05, 0) is 29.8 Å². The summed E-state index contributed by atoms with van der Waals surface area (Å²) in [6.07, 6.45) is -10.00. The highest BCUT2D eigenvalue weighted by atomic mass is 19.4. The van der Waals surface area contributed by atoms with Crippen molar-refractivity contribution in [3.63, 3.8) is 0 Å². The van der Waals surface area contributed by atoms with Gasteiger partial charge < -0.3 is 20.9 Å². The summed E-state index contributed by atoms with van der Waals surface area (Å²) in [7, 11) is 0. The monoisotopic (exact) mass is 352 g/mol. The second-order valence-electron chi connectivity index (χ2n) is 4.60. The smallest absolute Gasteiger partial charge is 0.405 e. The lowest BCUT2D eigenvalue weighted by atomic mass is 10.0. The highest BCUT2D eigenvalue weighted by Crippen LogP contribution is 2.39. The maximum atomic E-state index is 12.5. The Morgan fingerprint density at radius 2 is 1.29 bits per heavy atom. The molecule has 0 bridgehead atoms. The van der Waals surface area contributed by atoms with Crippen LogP contribution in [-0.4, -0.2) is 12.7 Å². The van der Waals surface area contributed by atoms with Crippen molar-refractivity contribution in [1.29, 1.82) is 0 Å². The molecule has 4 nitrogen and oxygen atoms in total. The zero-order valence-corrected chi connectivity index (χ0v) is 11.7. The van der Waals surface area contributed by atoms with Gasteiger partial charge in [0.05, 0.1) is 5.69 Å². The second kappa shape index (κ2) is 6.02. The maximum absolute atomic E-state index is 12.5. The third-order valence-corrected chi connectivity index (χ3v) is 2.78. The molecule has 0 saturated carbocycles. The fourth-order valence-electron chi connectivity index (χ4n) is 1.90. The predicted molar refractivity (Wildman–Crippen MR) is 74.1 cm³/mol. The van der Waals surface area contributed by atoms with Crippen LogP contribution in [0.2, 0.25) is 0 Å². The lowest BCUT2D eigenvalue weighted by Gasteiger charge is -2.16. The molecule has 130 valence electrons. The highest BCUT2D eigenvalue weighted by Gasteiger charge is 2.33. The molecule has 10 heteroatoms. The Balaban J connectivity index is 2.50. The molecular formula is C14H10F6N2O2. The molecule has 0 heterocycles. The van der Waals surface area contributed by atoms with E-state index in [1.165, 1.54) is 18.2 Å². The third kappa shape index (κ3) is 4.61. The molecule has 0 aliphatic carbocycles.